The van der Waals surface area contributed by atoms with Crippen molar-refractivity contribution in [2.45, 2.75) is 44.1 Å². The standard InChI is InChI=1S/C21H27N3O4/c1-25-18-10-14(5-6-17(18)27-12-15-4-2-9-26-15)19-23-20(28-24-19)16-11-21(16)7-3-8-22-13-21/h5-6,10,15-16,22H,2-4,7-9,11-13H2,1H3. The SMILES string of the molecule is COc1cc(-c2noc(C3CC34CCCNC4)n2)ccc1OCC1CCCO1. The van der Waals surface area contributed by atoms with E-state index in [4.69, 9.17) is 18.7 Å². The molecule has 5 rings (SSSR count). The van der Waals surface area contributed by atoms with E-state index in [2.05, 4.69) is 15.5 Å². The van der Waals surface area contributed by atoms with E-state index in [-0.39, 0.29) is 6.10 Å². The highest BCUT2D eigenvalue weighted by molar-refractivity contribution is 5.60. The number of nitrogens with zero attached hydrogens (tertiary/aromatic N) is 2. The minimum Gasteiger partial charge on any atom is -0.493 e. The Morgan fingerprint density at radius 1 is 1.29 bits per heavy atom. The summed E-state index contributed by atoms with van der Waals surface area (Å²) < 4.78 is 22.7. The lowest BCUT2D eigenvalue weighted by Crippen LogP contribution is -2.31. The molecule has 28 heavy (non-hydrogen) atoms. The van der Waals surface area contributed by atoms with Crippen molar-refractivity contribution in [2.24, 2.45) is 5.41 Å². The highest BCUT2D eigenvalue weighted by atomic mass is 16.5. The second-order valence-corrected chi connectivity index (χ2v) is 8.17. The molecule has 3 fully saturated rings. The third-order valence-electron chi connectivity index (χ3n) is 6.31. The maximum atomic E-state index is 5.91. The van der Waals surface area contributed by atoms with Crippen LogP contribution in [0, 0.1) is 5.41 Å². The van der Waals surface area contributed by atoms with Gasteiger partial charge in [0.05, 0.1) is 13.2 Å². The van der Waals surface area contributed by atoms with Crippen LogP contribution in [-0.4, -0.2) is 49.7 Å². The van der Waals surface area contributed by atoms with Gasteiger partial charge in [-0.05, 0) is 62.3 Å². The molecule has 1 saturated carbocycles. The molecule has 0 bridgehead atoms. The van der Waals surface area contributed by atoms with Gasteiger partial charge in [0.1, 0.15) is 6.61 Å². The number of ether oxygens (including phenoxy) is 3. The maximum Gasteiger partial charge on any atom is 0.230 e. The van der Waals surface area contributed by atoms with Crippen molar-refractivity contribution in [3.63, 3.8) is 0 Å². The van der Waals surface area contributed by atoms with Crippen LogP contribution in [0.2, 0.25) is 0 Å². The Labute approximate surface area is 164 Å². The van der Waals surface area contributed by atoms with Gasteiger partial charge in [-0.25, -0.2) is 0 Å². The van der Waals surface area contributed by atoms with Gasteiger partial charge in [-0.1, -0.05) is 5.16 Å². The average Bonchev–Trinajstić information content (AvgIpc) is 3.15. The van der Waals surface area contributed by atoms with Crippen molar-refractivity contribution in [2.75, 3.05) is 33.4 Å². The predicted molar refractivity (Wildman–Crippen MR) is 103 cm³/mol. The Balaban J connectivity index is 1.29. The van der Waals surface area contributed by atoms with Crippen molar-refractivity contribution in [1.82, 2.24) is 15.5 Å². The van der Waals surface area contributed by atoms with Crippen LogP contribution >= 0.6 is 0 Å². The molecule has 150 valence electrons. The van der Waals surface area contributed by atoms with E-state index in [0.717, 1.165) is 50.4 Å². The number of aromatic nitrogens is 2. The smallest absolute Gasteiger partial charge is 0.230 e. The van der Waals surface area contributed by atoms with Gasteiger partial charge in [-0.3, -0.25) is 0 Å². The number of benzene rings is 1. The first kappa shape index (κ1) is 17.9. The molecule has 1 aromatic heterocycles. The summed E-state index contributed by atoms with van der Waals surface area (Å²) in [5.74, 6) is 3.12. The molecule has 3 atom stereocenters. The first-order valence-corrected chi connectivity index (χ1v) is 10.2. The van der Waals surface area contributed by atoms with Gasteiger partial charge in [-0.2, -0.15) is 4.98 Å². The zero-order valence-electron chi connectivity index (χ0n) is 16.3. The molecule has 3 aliphatic rings. The Morgan fingerprint density at radius 3 is 3.04 bits per heavy atom. The molecule has 1 spiro atoms. The molecule has 1 N–H and O–H groups in total. The summed E-state index contributed by atoms with van der Waals surface area (Å²) in [5, 5.41) is 7.72. The number of piperidine rings is 1. The lowest BCUT2D eigenvalue weighted by molar-refractivity contribution is 0.0670. The highest BCUT2D eigenvalue weighted by Gasteiger charge is 2.57. The third-order valence-corrected chi connectivity index (χ3v) is 6.31. The van der Waals surface area contributed by atoms with E-state index in [9.17, 15) is 0 Å². The van der Waals surface area contributed by atoms with Crippen molar-refractivity contribution < 1.29 is 18.7 Å². The fourth-order valence-electron chi connectivity index (χ4n) is 4.54. The molecule has 7 heteroatoms. The summed E-state index contributed by atoms with van der Waals surface area (Å²) >= 11 is 0. The van der Waals surface area contributed by atoms with E-state index >= 15 is 0 Å². The van der Waals surface area contributed by atoms with Crippen LogP contribution in [0.3, 0.4) is 0 Å². The van der Waals surface area contributed by atoms with E-state index in [1.54, 1.807) is 7.11 Å². The molecule has 1 aromatic carbocycles. The van der Waals surface area contributed by atoms with Gasteiger partial charge in [-0.15, -0.1) is 0 Å². The van der Waals surface area contributed by atoms with Gasteiger partial charge >= 0.3 is 0 Å². The third kappa shape index (κ3) is 3.37. The minimum absolute atomic E-state index is 0.171. The first-order valence-electron chi connectivity index (χ1n) is 10.2. The van der Waals surface area contributed by atoms with Gasteiger partial charge in [0, 0.05) is 24.6 Å². The number of hydrogen-bond acceptors (Lipinski definition) is 7. The first-order chi connectivity index (χ1) is 13.8. The monoisotopic (exact) mass is 385 g/mol. The molecule has 2 aromatic rings. The average molecular weight is 385 g/mol. The van der Waals surface area contributed by atoms with Gasteiger partial charge in [0.15, 0.2) is 11.5 Å². The van der Waals surface area contributed by atoms with Crippen molar-refractivity contribution in [3.8, 4) is 22.9 Å². The Hall–Kier alpha value is -2.12. The number of hydrogen-bond donors (Lipinski definition) is 1. The fraction of sp³-hybridized carbons (Fsp3) is 0.619. The van der Waals surface area contributed by atoms with Crippen molar-refractivity contribution >= 4 is 0 Å². The highest BCUT2D eigenvalue weighted by Crippen LogP contribution is 2.62. The molecule has 0 amide bonds. The molecule has 7 nitrogen and oxygen atoms in total. The number of methoxy groups -OCH3 is 1. The van der Waals surface area contributed by atoms with E-state index in [1.807, 2.05) is 18.2 Å². The molecule has 2 aliphatic heterocycles. The minimum atomic E-state index is 0.171. The van der Waals surface area contributed by atoms with E-state index < -0.39 is 0 Å². The van der Waals surface area contributed by atoms with Crippen LogP contribution in [0.4, 0.5) is 0 Å². The molecule has 3 heterocycles. The van der Waals surface area contributed by atoms with E-state index in [1.165, 1.54) is 12.8 Å². The summed E-state index contributed by atoms with van der Waals surface area (Å²) in [6, 6.07) is 5.76. The van der Waals surface area contributed by atoms with Crippen LogP contribution in [0.1, 0.15) is 43.9 Å². The summed E-state index contributed by atoms with van der Waals surface area (Å²) in [7, 11) is 1.64. The van der Waals surface area contributed by atoms with Crippen LogP contribution < -0.4 is 14.8 Å². The summed E-state index contributed by atoms with van der Waals surface area (Å²) in [5.41, 5.74) is 1.20. The van der Waals surface area contributed by atoms with Crippen LogP contribution in [-0.2, 0) is 4.74 Å². The predicted octanol–water partition coefficient (Wildman–Crippen LogP) is 3.16. The summed E-state index contributed by atoms with van der Waals surface area (Å²) in [6.45, 7) is 3.53. The van der Waals surface area contributed by atoms with Gasteiger partial charge in [0.25, 0.3) is 0 Å². The van der Waals surface area contributed by atoms with Crippen LogP contribution in [0.25, 0.3) is 11.4 Å². The molecule has 2 saturated heterocycles. The Kier molecular flexibility index (Phi) is 4.72. The van der Waals surface area contributed by atoms with E-state index in [0.29, 0.717) is 35.3 Å². The molecular formula is C21H27N3O4. The molecule has 0 radical (unpaired) electrons. The van der Waals surface area contributed by atoms with Crippen LogP contribution in [0.15, 0.2) is 22.7 Å². The van der Waals surface area contributed by atoms with Gasteiger partial charge in [0.2, 0.25) is 11.7 Å². The summed E-state index contributed by atoms with van der Waals surface area (Å²) in [6.07, 6.45) is 5.92. The zero-order chi connectivity index (χ0) is 19.0. The lowest BCUT2D eigenvalue weighted by atomic mass is 9.94. The maximum absolute atomic E-state index is 5.91. The van der Waals surface area contributed by atoms with Crippen molar-refractivity contribution in [3.05, 3.63) is 24.1 Å². The number of rotatable bonds is 6. The molecule has 1 aliphatic carbocycles. The topological polar surface area (TPSA) is 78.6 Å². The normalized spacial score (nSPS) is 29.2. The Bertz CT molecular complexity index is 825. The molecule has 3 unspecified atom stereocenters. The zero-order valence-corrected chi connectivity index (χ0v) is 16.3. The van der Waals surface area contributed by atoms with Crippen LogP contribution in [0.5, 0.6) is 11.5 Å². The van der Waals surface area contributed by atoms with Crippen molar-refractivity contribution in [1.29, 1.82) is 0 Å². The fourth-order valence-corrected chi connectivity index (χ4v) is 4.54. The number of nitrogens with one attached hydrogen (secondary N) is 1. The summed E-state index contributed by atoms with van der Waals surface area (Å²) in [4.78, 5) is 4.68. The second kappa shape index (κ2) is 7.37. The largest absolute Gasteiger partial charge is 0.493 e. The second-order valence-electron chi connectivity index (χ2n) is 8.17. The van der Waals surface area contributed by atoms with Gasteiger partial charge < -0.3 is 24.1 Å². The Morgan fingerprint density at radius 2 is 2.25 bits per heavy atom. The lowest BCUT2D eigenvalue weighted by Gasteiger charge is -2.22. The molecular weight excluding hydrogens is 358 g/mol. The quantitative estimate of drug-likeness (QED) is 0.818.